The number of nitrogens with zero attached hydrogens (tertiary/aromatic N) is 2. The average molecular weight is 248 g/mol. The van der Waals surface area contributed by atoms with Crippen LogP contribution in [0.25, 0.3) is 0 Å². The van der Waals surface area contributed by atoms with Gasteiger partial charge in [-0.2, -0.15) is 0 Å². The van der Waals surface area contributed by atoms with Crippen molar-refractivity contribution in [2.24, 2.45) is 11.8 Å². The first-order valence-electron chi connectivity index (χ1n) is 6.36. The van der Waals surface area contributed by atoms with E-state index in [9.17, 15) is 4.79 Å². The molecular formula is C13H20N4O. The van der Waals surface area contributed by atoms with E-state index in [-0.39, 0.29) is 5.91 Å². The second-order valence-electron chi connectivity index (χ2n) is 5.02. The third-order valence-corrected chi connectivity index (χ3v) is 3.54. The lowest BCUT2D eigenvalue weighted by atomic mass is 10.0. The molecule has 5 heteroatoms. The molecule has 0 bridgehead atoms. The van der Waals surface area contributed by atoms with Gasteiger partial charge in [0.15, 0.2) is 0 Å². The maximum absolute atomic E-state index is 12.5. The van der Waals surface area contributed by atoms with Gasteiger partial charge in [-0.25, -0.2) is 0 Å². The molecule has 0 radical (unpaired) electrons. The fourth-order valence-electron chi connectivity index (χ4n) is 2.59. The van der Waals surface area contributed by atoms with Crippen molar-refractivity contribution in [2.45, 2.75) is 32.7 Å². The number of hydrazine groups is 1. The predicted octanol–water partition coefficient (Wildman–Crippen LogP) is 1.63. The van der Waals surface area contributed by atoms with E-state index in [4.69, 9.17) is 5.84 Å². The Kier molecular flexibility index (Phi) is 3.81. The number of rotatable bonds is 3. The molecule has 0 saturated carbocycles. The molecule has 2 rings (SSSR count). The van der Waals surface area contributed by atoms with E-state index < -0.39 is 0 Å². The molecule has 1 fully saturated rings. The van der Waals surface area contributed by atoms with Crippen LogP contribution < -0.4 is 11.3 Å². The molecule has 1 atom stereocenters. The molecule has 1 saturated heterocycles. The Morgan fingerprint density at radius 1 is 1.61 bits per heavy atom. The third kappa shape index (κ3) is 2.31. The maximum Gasteiger partial charge on any atom is 0.256 e. The normalized spacial score (nSPS) is 19.3. The Balaban J connectivity index is 2.25. The summed E-state index contributed by atoms with van der Waals surface area (Å²) in [5.74, 6) is 5.94. The summed E-state index contributed by atoms with van der Waals surface area (Å²) in [6, 6.07) is 2.05. The van der Waals surface area contributed by atoms with Gasteiger partial charge < -0.3 is 10.3 Å². The van der Waals surface area contributed by atoms with Crippen molar-refractivity contribution in [3.8, 4) is 0 Å². The molecule has 1 aromatic rings. The predicted molar refractivity (Wildman–Crippen MR) is 70.9 cm³/mol. The molecule has 2 heterocycles. The summed E-state index contributed by atoms with van der Waals surface area (Å²) >= 11 is 0. The van der Waals surface area contributed by atoms with Gasteiger partial charge in [0, 0.05) is 18.8 Å². The summed E-state index contributed by atoms with van der Waals surface area (Å²) in [5, 5.41) is 0. The van der Waals surface area contributed by atoms with Crippen molar-refractivity contribution in [3.63, 3.8) is 0 Å². The number of carbonyl (C=O) groups is 1. The Bertz CT molecular complexity index is 433. The van der Waals surface area contributed by atoms with Crippen LogP contribution in [0.2, 0.25) is 0 Å². The standard InChI is InChI=1S/C13H20N4O/c1-9(2)12-4-3-7-17(12)13(18)10-5-6-15-8-11(10)16-14/h5-6,8-9,12,16H,3-4,7,14H2,1-2H3. The van der Waals surface area contributed by atoms with Crippen LogP contribution in [-0.2, 0) is 0 Å². The van der Waals surface area contributed by atoms with Gasteiger partial charge in [-0.1, -0.05) is 13.8 Å². The highest BCUT2D eigenvalue weighted by atomic mass is 16.2. The highest BCUT2D eigenvalue weighted by molar-refractivity contribution is 5.99. The Morgan fingerprint density at radius 3 is 3.06 bits per heavy atom. The van der Waals surface area contributed by atoms with Gasteiger partial charge in [0.1, 0.15) is 0 Å². The van der Waals surface area contributed by atoms with E-state index in [1.54, 1.807) is 18.5 Å². The molecule has 1 amide bonds. The molecular weight excluding hydrogens is 228 g/mol. The van der Waals surface area contributed by atoms with Gasteiger partial charge in [-0.05, 0) is 24.8 Å². The molecule has 0 aromatic carbocycles. The van der Waals surface area contributed by atoms with Crippen molar-refractivity contribution in [1.29, 1.82) is 0 Å². The van der Waals surface area contributed by atoms with E-state index in [1.807, 2.05) is 4.90 Å². The summed E-state index contributed by atoms with van der Waals surface area (Å²) in [4.78, 5) is 18.5. The van der Waals surface area contributed by atoms with Gasteiger partial charge >= 0.3 is 0 Å². The Hall–Kier alpha value is -1.62. The van der Waals surface area contributed by atoms with E-state index in [1.165, 1.54) is 0 Å². The lowest BCUT2D eigenvalue weighted by Gasteiger charge is -2.28. The monoisotopic (exact) mass is 248 g/mol. The zero-order chi connectivity index (χ0) is 13.1. The zero-order valence-electron chi connectivity index (χ0n) is 10.9. The lowest BCUT2D eigenvalue weighted by molar-refractivity contribution is 0.0702. The first-order valence-corrected chi connectivity index (χ1v) is 6.36. The van der Waals surface area contributed by atoms with Crippen LogP contribution in [0.15, 0.2) is 18.5 Å². The van der Waals surface area contributed by atoms with E-state index in [0.717, 1.165) is 19.4 Å². The smallest absolute Gasteiger partial charge is 0.256 e. The molecule has 1 aromatic heterocycles. The Labute approximate surface area is 107 Å². The lowest BCUT2D eigenvalue weighted by Crippen LogP contribution is -2.39. The van der Waals surface area contributed by atoms with Gasteiger partial charge in [-0.15, -0.1) is 0 Å². The number of aromatic nitrogens is 1. The summed E-state index contributed by atoms with van der Waals surface area (Å²) in [5.41, 5.74) is 3.71. The number of likely N-dealkylation sites (tertiary alicyclic amines) is 1. The van der Waals surface area contributed by atoms with Crippen LogP contribution in [0.5, 0.6) is 0 Å². The fourth-order valence-corrected chi connectivity index (χ4v) is 2.59. The van der Waals surface area contributed by atoms with E-state index in [0.29, 0.717) is 23.2 Å². The summed E-state index contributed by atoms with van der Waals surface area (Å²) in [7, 11) is 0. The molecule has 0 spiro atoms. The molecule has 5 nitrogen and oxygen atoms in total. The van der Waals surface area contributed by atoms with Gasteiger partial charge in [0.05, 0.1) is 17.4 Å². The van der Waals surface area contributed by atoms with Crippen molar-refractivity contribution >= 4 is 11.6 Å². The van der Waals surface area contributed by atoms with Crippen LogP contribution in [0, 0.1) is 5.92 Å². The van der Waals surface area contributed by atoms with Crippen LogP contribution in [-0.4, -0.2) is 28.4 Å². The summed E-state index contributed by atoms with van der Waals surface area (Å²) < 4.78 is 0. The van der Waals surface area contributed by atoms with Crippen LogP contribution in [0.1, 0.15) is 37.0 Å². The molecule has 1 aliphatic rings. The molecule has 98 valence electrons. The Morgan fingerprint density at radius 2 is 2.39 bits per heavy atom. The first-order chi connectivity index (χ1) is 8.65. The number of carbonyl (C=O) groups excluding carboxylic acids is 1. The van der Waals surface area contributed by atoms with Crippen molar-refractivity contribution < 1.29 is 4.79 Å². The summed E-state index contributed by atoms with van der Waals surface area (Å²) in [6.07, 6.45) is 5.35. The number of hydrogen-bond donors (Lipinski definition) is 2. The minimum absolute atomic E-state index is 0.0431. The third-order valence-electron chi connectivity index (χ3n) is 3.54. The highest BCUT2D eigenvalue weighted by Crippen LogP contribution is 2.27. The van der Waals surface area contributed by atoms with E-state index in [2.05, 4.69) is 24.3 Å². The number of nitrogens with one attached hydrogen (secondary N) is 1. The molecule has 1 unspecified atom stereocenters. The number of pyridine rings is 1. The summed E-state index contributed by atoms with van der Waals surface area (Å²) in [6.45, 7) is 5.14. The number of amides is 1. The van der Waals surface area contributed by atoms with E-state index >= 15 is 0 Å². The largest absolute Gasteiger partial charge is 0.335 e. The topological polar surface area (TPSA) is 71.2 Å². The first kappa shape index (κ1) is 12.8. The second-order valence-corrected chi connectivity index (χ2v) is 5.02. The molecule has 1 aliphatic heterocycles. The van der Waals surface area contributed by atoms with Crippen LogP contribution in [0.4, 0.5) is 5.69 Å². The maximum atomic E-state index is 12.5. The highest BCUT2D eigenvalue weighted by Gasteiger charge is 2.32. The fraction of sp³-hybridized carbons (Fsp3) is 0.538. The SMILES string of the molecule is CC(C)C1CCCN1C(=O)c1ccncc1NN. The number of anilines is 1. The van der Waals surface area contributed by atoms with Gasteiger partial charge in [-0.3, -0.25) is 15.6 Å². The van der Waals surface area contributed by atoms with Crippen LogP contribution in [0.3, 0.4) is 0 Å². The second kappa shape index (κ2) is 5.35. The number of nitrogen functional groups attached to an aromatic ring is 1. The number of hydrogen-bond acceptors (Lipinski definition) is 4. The molecule has 0 aliphatic carbocycles. The van der Waals surface area contributed by atoms with Crippen molar-refractivity contribution in [1.82, 2.24) is 9.88 Å². The number of nitrogens with two attached hydrogens (primary N) is 1. The molecule has 3 N–H and O–H groups in total. The zero-order valence-corrected chi connectivity index (χ0v) is 10.9. The molecule has 18 heavy (non-hydrogen) atoms. The average Bonchev–Trinajstić information content (AvgIpc) is 2.87. The van der Waals surface area contributed by atoms with Crippen LogP contribution >= 0.6 is 0 Å². The minimum atomic E-state index is 0.0431. The van der Waals surface area contributed by atoms with Gasteiger partial charge in [0.25, 0.3) is 5.91 Å². The minimum Gasteiger partial charge on any atom is -0.335 e. The van der Waals surface area contributed by atoms with Crippen molar-refractivity contribution in [3.05, 3.63) is 24.0 Å². The van der Waals surface area contributed by atoms with Gasteiger partial charge in [0.2, 0.25) is 0 Å². The van der Waals surface area contributed by atoms with Crippen molar-refractivity contribution in [2.75, 3.05) is 12.0 Å². The quantitative estimate of drug-likeness (QED) is 0.630.